The molecule has 3 aliphatic rings. The fraction of sp³-hybridized carbons (Fsp3) is 0.312. The van der Waals surface area contributed by atoms with Crippen LogP contribution >= 0.6 is 0 Å². The molecule has 1 N–H and O–H groups in total. The molecule has 2 saturated carbocycles. The summed E-state index contributed by atoms with van der Waals surface area (Å²) in [5.74, 6) is -1.22. The van der Waals surface area contributed by atoms with Crippen molar-refractivity contribution in [3.05, 3.63) is 95.1 Å². The van der Waals surface area contributed by atoms with Crippen molar-refractivity contribution in [2.24, 2.45) is 23.7 Å². The Bertz CT molecular complexity index is 1470. The minimum atomic E-state index is -0.655. The Morgan fingerprint density at radius 3 is 2.36 bits per heavy atom. The summed E-state index contributed by atoms with van der Waals surface area (Å²) in [5.41, 5.74) is 4.53. The first-order chi connectivity index (χ1) is 18.8. The second-order valence-corrected chi connectivity index (χ2v) is 11.0. The van der Waals surface area contributed by atoms with Crippen molar-refractivity contribution in [3.8, 4) is 0 Å². The zero-order valence-corrected chi connectivity index (χ0v) is 21.9. The summed E-state index contributed by atoms with van der Waals surface area (Å²) in [5, 5.41) is 2.76. The molecule has 1 aliphatic heterocycles. The number of nitrogens with zero attached hydrogens (tertiary/aromatic N) is 1. The van der Waals surface area contributed by atoms with Crippen LogP contribution in [0.4, 0.5) is 11.4 Å². The summed E-state index contributed by atoms with van der Waals surface area (Å²) in [6, 6.07) is 22.2. The fourth-order valence-electron chi connectivity index (χ4n) is 6.82. The number of carbonyl (C=O) groups excluding carboxylic acids is 4. The van der Waals surface area contributed by atoms with Gasteiger partial charge in [0.05, 0.1) is 23.1 Å². The zero-order chi connectivity index (χ0) is 27.3. The smallest absolute Gasteiger partial charge is 0.338 e. The third-order valence-corrected chi connectivity index (χ3v) is 8.61. The summed E-state index contributed by atoms with van der Waals surface area (Å²) < 4.78 is 5.19. The Morgan fingerprint density at radius 1 is 0.897 bits per heavy atom. The molecule has 0 aromatic heterocycles. The number of nitrogens with one attached hydrogen (secondary N) is 1. The van der Waals surface area contributed by atoms with Crippen molar-refractivity contribution in [2.45, 2.75) is 32.6 Å². The number of hydrogen-bond acceptors (Lipinski definition) is 5. The number of amides is 3. The molecule has 3 aromatic rings. The second kappa shape index (κ2) is 9.80. The molecule has 2 aliphatic carbocycles. The molecule has 3 amide bonds. The van der Waals surface area contributed by atoms with Gasteiger partial charge in [-0.3, -0.25) is 19.3 Å². The van der Waals surface area contributed by atoms with Gasteiger partial charge in [0, 0.05) is 5.69 Å². The summed E-state index contributed by atoms with van der Waals surface area (Å²) in [7, 11) is 0. The van der Waals surface area contributed by atoms with E-state index in [1.165, 1.54) is 22.6 Å². The van der Waals surface area contributed by atoms with Crippen LogP contribution in [-0.2, 0) is 19.1 Å². The lowest BCUT2D eigenvalue weighted by atomic mass is 9.73. The lowest BCUT2D eigenvalue weighted by Gasteiger charge is -2.28. The SMILES string of the molecule is Cc1ccc(C)c(NC(=O)COC(=O)c2ccc(N3C(=O)[C@@H]4[C@@H]5C[C@@H]([C@@H]4C3=O)[C@@H](c3ccccc3)C5)cc2)c1. The van der Waals surface area contributed by atoms with Crippen molar-refractivity contribution in [2.75, 3.05) is 16.8 Å². The number of anilines is 2. The second-order valence-electron chi connectivity index (χ2n) is 11.0. The Labute approximate surface area is 227 Å². The highest BCUT2D eigenvalue weighted by Crippen LogP contribution is 2.61. The van der Waals surface area contributed by atoms with Gasteiger partial charge in [-0.25, -0.2) is 4.79 Å². The van der Waals surface area contributed by atoms with Crippen LogP contribution in [0.15, 0.2) is 72.8 Å². The topological polar surface area (TPSA) is 92.8 Å². The molecule has 7 heteroatoms. The minimum absolute atomic E-state index is 0.137. The van der Waals surface area contributed by atoms with Crippen molar-refractivity contribution in [1.29, 1.82) is 0 Å². The molecule has 0 unspecified atom stereocenters. The van der Waals surface area contributed by atoms with E-state index in [1.807, 2.05) is 50.2 Å². The van der Waals surface area contributed by atoms with Gasteiger partial charge in [0.1, 0.15) is 0 Å². The molecule has 0 radical (unpaired) electrons. The number of imide groups is 1. The number of ether oxygens (including phenoxy) is 1. The van der Waals surface area contributed by atoms with Crippen LogP contribution in [0.1, 0.15) is 45.8 Å². The number of fused-ring (bicyclic) bond motifs is 5. The number of aryl methyl sites for hydroxylation is 2. The van der Waals surface area contributed by atoms with Gasteiger partial charge >= 0.3 is 5.97 Å². The molecule has 6 rings (SSSR count). The first-order valence-electron chi connectivity index (χ1n) is 13.4. The minimum Gasteiger partial charge on any atom is -0.452 e. The van der Waals surface area contributed by atoms with Crippen LogP contribution in [0.3, 0.4) is 0 Å². The maximum atomic E-state index is 13.5. The van der Waals surface area contributed by atoms with Crippen molar-refractivity contribution < 1.29 is 23.9 Å². The van der Waals surface area contributed by atoms with Crippen LogP contribution in [0.2, 0.25) is 0 Å². The van der Waals surface area contributed by atoms with E-state index in [1.54, 1.807) is 12.1 Å². The highest BCUT2D eigenvalue weighted by molar-refractivity contribution is 6.22. The average molecular weight is 523 g/mol. The van der Waals surface area contributed by atoms with Crippen LogP contribution < -0.4 is 10.2 Å². The first kappa shape index (κ1) is 25.0. The lowest BCUT2D eigenvalue weighted by Crippen LogP contribution is -2.33. The Balaban J connectivity index is 1.10. The Hall–Kier alpha value is -4.26. The average Bonchev–Trinajstić information content (AvgIpc) is 3.61. The van der Waals surface area contributed by atoms with Crippen molar-refractivity contribution in [3.63, 3.8) is 0 Å². The maximum absolute atomic E-state index is 13.5. The van der Waals surface area contributed by atoms with Gasteiger partial charge in [-0.1, -0.05) is 42.5 Å². The van der Waals surface area contributed by atoms with Gasteiger partial charge in [-0.05, 0) is 91.5 Å². The summed E-state index contributed by atoms with van der Waals surface area (Å²) >= 11 is 0. The standard InChI is InChI=1S/C32H30N2O5/c1-18-8-9-19(2)26(14-18)33-27(35)17-39-32(38)21-10-12-23(13-11-21)34-30(36)28-22-15-24(20-6-4-3-5-7-20)25(16-22)29(28)31(34)37/h3-14,22,24-25,28-29H,15-17H2,1-2H3,(H,33,35)/t22-,24+,25+,28+,29-/m0/s1. The Kier molecular flexibility index (Phi) is 6.29. The van der Waals surface area contributed by atoms with Crippen LogP contribution in [0, 0.1) is 37.5 Å². The quantitative estimate of drug-likeness (QED) is 0.362. The summed E-state index contributed by atoms with van der Waals surface area (Å²) in [4.78, 5) is 53.1. The lowest BCUT2D eigenvalue weighted by molar-refractivity contribution is -0.123. The van der Waals surface area contributed by atoms with E-state index in [0.29, 0.717) is 17.3 Å². The van der Waals surface area contributed by atoms with E-state index in [4.69, 9.17) is 4.74 Å². The summed E-state index contributed by atoms with van der Waals surface area (Å²) in [6.07, 6.45) is 1.85. The van der Waals surface area contributed by atoms with Crippen LogP contribution in [0.25, 0.3) is 0 Å². The van der Waals surface area contributed by atoms with Gasteiger partial charge in [-0.15, -0.1) is 0 Å². The van der Waals surface area contributed by atoms with Gasteiger partial charge in [0.25, 0.3) is 5.91 Å². The third kappa shape index (κ3) is 4.42. The number of esters is 1. The predicted molar refractivity (Wildman–Crippen MR) is 146 cm³/mol. The van der Waals surface area contributed by atoms with Crippen LogP contribution in [-0.4, -0.2) is 30.3 Å². The van der Waals surface area contributed by atoms with Crippen LogP contribution in [0.5, 0.6) is 0 Å². The molecule has 2 bridgehead atoms. The molecule has 7 nitrogen and oxygen atoms in total. The van der Waals surface area contributed by atoms with Crippen molar-refractivity contribution >= 4 is 35.1 Å². The monoisotopic (exact) mass is 522 g/mol. The molecule has 3 aromatic carbocycles. The highest BCUT2D eigenvalue weighted by Gasteiger charge is 2.64. The van der Waals surface area contributed by atoms with E-state index in [9.17, 15) is 19.2 Å². The highest BCUT2D eigenvalue weighted by atomic mass is 16.5. The molecule has 5 atom stereocenters. The number of rotatable bonds is 6. The zero-order valence-electron chi connectivity index (χ0n) is 21.9. The van der Waals surface area contributed by atoms with E-state index >= 15 is 0 Å². The van der Waals surface area contributed by atoms with Gasteiger partial charge in [0.15, 0.2) is 6.61 Å². The fourth-order valence-corrected chi connectivity index (χ4v) is 6.82. The van der Waals surface area contributed by atoms with Gasteiger partial charge in [-0.2, -0.15) is 0 Å². The molecule has 3 fully saturated rings. The number of hydrogen-bond donors (Lipinski definition) is 1. The van der Waals surface area contributed by atoms with Gasteiger partial charge in [0.2, 0.25) is 11.8 Å². The number of benzene rings is 3. The van der Waals surface area contributed by atoms with Crippen molar-refractivity contribution in [1.82, 2.24) is 0 Å². The number of carbonyl (C=O) groups is 4. The molecule has 198 valence electrons. The van der Waals surface area contributed by atoms with E-state index in [-0.39, 0.29) is 41.0 Å². The molecular weight excluding hydrogens is 492 g/mol. The molecule has 0 spiro atoms. The predicted octanol–water partition coefficient (Wildman–Crippen LogP) is 5.03. The maximum Gasteiger partial charge on any atom is 0.338 e. The first-order valence-corrected chi connectivity index (χ1v) is 13.4. The van der Waals surface area contributed by atoms with E-state index in [2.05, 4.69) is 17.4 Å². The third-order valence-electron chi connectivity index (χ3n) is 8.61. The molecular formula is C32H30N2O5. The van der Waals surface area contributed by atoms with E-state index < -0.39 is 18.5 Å². The molecule has 1 saturated heterocycles. The largest absolute Gasteiger partial charge is 0.452 e. The van der Waals surface area contributed by atoms with E-state index in [0.717, 1.165) is 24.0 Å². The molecule has 39 heavy (non-hydrogen) atoms. The molecule has 1 heterocycles. The Morgan fingerprint density at radius 2 is 1.62 bits per heavy atom. The summed E-state index contributed by atoms with van der Waals surface area (Å²) in [6.45, 7) is 3.39. The van der Waals surface area contributed by atoms with Gasteiger partial charge < -0.3 is 10.1 Å². The normalized spacial score (nSPS) is 25.1.